The Labute approximate surface area is 235 Å². The summed E-state index contributed by atoms with van der Waals surface area (Å²) < 4.78 is 1.85. The molecule has 0 spiro atoms. The van der Waals surface area contributed by atoms with E-state index in [1.807, 2.05) is 18.4 Å². The quantitative estimate of drug-likeness (QED) is 0.236. The Bertz CT molecular complexity index is 1390. The third-order valence-corrected chi connectivity index (χ3v) is 8.78. The fourth-order valence-electron chi connectivity index (χ4n) is 4.40. The van der Waals surface area contributed by atoms with Gasteiger partial charge in [0.25, 0.3) is 5.91 Å². The lowest BCUT2D eigenvalue weighted by atomic mass is 9.96. The number of nitriles is 1. The Morgan fingerprint density at radius 2 is 2.05 bits per heavy atom. The molecule has 0 aliphatic heterocycles. The van der Waals surface area contributed by atoms with Crippen molar-refractivity contribution in [1.29, 1.82) is 5.26 Å². The molecule has 11 heteroatoms. The van der Waals surface area contributed by atoms with Crippen molar-refractivity contribution in [1.82, 2.24) is 20.1 Å². The number of hydrogen-bond donors (Lipinski definition) is 2. The molecule has 0 saturated heterocycles. The Morgan fingerprint density at radius 3 is 2.76 bits per heavy atom. The summed E-state index contributed by atoms with van der Waals surface area (Å²) in [6.07, 6.45) is 5.74. The molecule has 38 heavy (non-hydrogen) atoms. The first-order valence-corrected chi connectivity index (χ1v) is 14.6. The number of rotatable bonds is 10. The number of anilines is 1. The minimum Gasteiger partial charge on any atom is -0.342 e. The molecule has 4 rings (SSSR count). The minimum absolute atomic E-state index is 0.00427. The number of thioether (sulfide) groups is 1. The lowest BCUT2D eigenvalue weighted by Gasteiger charge is -2.22. The second kappa shape index (κ2) is 12.6. The van der Waals surface area contributed by atoms with Crippen molar-refractivity contribution >= 4 is 51.5 Å². The largest absolute Gasteiger partial charge is 0.342 e. The fraction of sp³-hybridized carbons (Fsp3) is 0.370. The molecule has 2 aromatic heterocycles. The molecule has 0 fully saturated rings. The first-order valence-electron chi connectivity index (χ1n) is 12.4. The Morgan fingerprint density at radius 1 is 1.29 bits per heavy atom. The summed E-state index contributed by atoms with van der Waals surface area (Å²) in [4.78, 5) is 27.0. The number of amides is 2. The smallest absolute Gasteiger partial charge is 0.253 e. The summed E-state index contributed by atoms with van der Waals surface area (Å²) in [6, 6.07) is 8.71. The van der Waals surface area contributed by atoms with Crippen LogP contribution in [0.4, 0.5) is 5.00 Å². The van der Waals surface area contributed by atoms with Crippen molar-refractivity contribution in [3.63, 3.8) is 0 Å². The van der Waals surface area contributed by atoms with Crippen LogP contribution >= 0.6 is 34.7 Å². The molecule has 3 aromatic rings. The molecule has 1 atom stereocenters. The second-order valence-electron chi connectivity index (χ2n) is 9.28. The van der Waals surface area contributed by atoms with Crippen molar-refractivity contribution in [2.24, 2.45) is 5.92 Å². The van der Waals surface area contributed by atoms with Gasteiger partial charge in [0.05, 0.1) is 27.9 Å². The Kier molecular flexibility index (Phi) is 9.26. The SMILES string of the molecule is C=CCn1c(SCC(=O)Nc2sc3c(c2C#N)CCCC3)nnc1[C@@H](NC(=O)c1ccccc1Cl)C(C)C. The van der Waals surface area contributed by atoms with Crippen LogP contribution < -0.4 is 10.6 Å². The number of carbonyl (C=O) groups is 2. The van der Waals surface area contributed by atoms with Gasteiger partial charge < -0.3 is 15.2 Å². The highest BCUT2D eigenvalue weighted by molar-refractivity contribution is 7.99. The van der Waals surface area contributed by atoms with Crippen LogP contribution in [-0.2, 0) is 24.2 Å². The molecule has 0 bridgehead atoms. The monoisotopic (exact) mass is 568 g/mol. The van der Waals surface area contributed by atoms with E-state index in [4.69, 9.17) is 11.6 Å². The summed E-state index contributed by atoms with van der Waals surface area (Å²) in [6.45, 7) is 8.22. The lowest BCUT2D eigenvalue weighted by molar-refractivity contribution is -0.113. The van der Waals surface area contributed by atoms with Crippen molar-refractivity contribution in [2.75, 3.05) is 11.1 Å². The predicted octanol–water partition coefficient (Wildman–Crippen LogP) is 5.79. The normalized spacial score (nSPS) is 13.4. The van der Waals surface area contributed by atoms with Crippen molar-refractivity contribution in [3.05, 3.63) is 69.3 Å². The van der Waals surface area contributed by atoms with Crippen molar-refractivity contribution in [3.8, 4) is 6.07 Å². The summed E-state index contributed by atoms with van der Waals surface area (Å²) in [5.41, 5.74) is 2.06. The first kappa shape index (κ1) is 27.9. The minimum atomic E-state index is -0.440. The molecule has 0 radical (unpaired) electrons. The maximum absolute atomic E-state index is 13.0. The van der Waals surface area contributed by atoms with Gasteiger partial charge in [0.15, 0.2) is 11.0 Å². The van der Waals surface area contributed by atoms with Gasteiger partial charge in [-0.1, -0.05) is 55.4 Å². The number of halogens is 1. The highest BCUT2D eigenvalue weighted by Crippen LogP contribution is 2.37. The van der Waals surface area contributed by atoms with Crippen LogP contribution in [0.2, 0.25) is 5.02 Å². The highest BCUT2D eigenvalue weighted by atomic mass is 35.5. The molecule has 2 amide bonds. The zero-order valence-electron chi connectivity index (χ0n) is 21.3. The summed E-state index contributed by atoms with van der Waals surface area (Å²) in [5.74, 6) is 0.154. The molecule has 8 nitrogen and oxygen atoms in total. The first-order chi connectivity index (χ1) is 18.3. The van der Waals surface area contributed by atoms with Gasteiger partial charge in [0.2, 0.25) is 5.91 Å². The summed E-state index contributed by atoms with van der Waals surface area (Å²) in [5, 5.41) is 25.9. The van der Waals surface area contributed by atoms with Gasteiger partial charge in [0, 0.05) is 11.4 Å². The van der Waals surface area contributed by atoms with Gasteiger partial charge in [-0.25, -0.2) is 0 Å². The van der Waals surface area contributed by atoms with E-state index in [2.05, 4.69) is 33.5 Å². The average Bonchev–Trinajstić information content (AvgIpc) is 3.46. The number of carbonyl (C=O) groups excluding carboxylic acids is 2. The van der Waals surface area contributed by atoms with E-state index in [-0.39, 0.29) is 23.5 Å². The van der Waals surface area contributed by atoms with Crippen LogP contribution in [-0.4, -0.2) is 32.3 Å². The van der Waals surface area contributed by atoms with E-state index in [9.17, 15) is 14.9 Å². The van der Waals surface area contributed by atoms with E-state index in [0.29, 0.717) is 38.7 Å². The Hall–Kier alpha value is -3.13. The van der Waals surface area contributed by atoms with Crippen LogP contribution in [0.25, 0.3) is 0 Å². The number of allylic oxidation sites excluding steroid dienone is 1. The lowest BCUT2D eigenvalue weighted by Crippen LogP contribution is -2.34. The molecule has 0 unspecified atom stereocenters. The second-order valence-corrected chi connectivity index (χ2v) is 11.7. The molecule has 1 aromatic carbocycles. The van der Waals surface area contributed by atoms with Gasteiger partial charge >= 0.3 is 0 Å². The number of benzene rings is 1. The van der Waals surface area contributed by atoms with Gasteiger partial charge in [0.1, 0.15) is 11.1 Å². The molecule has 1 aliphatic carbocycles. The molecule has 1 aliphatic rings. The number of aromatic nitrogens is 3. The highest BCUT2D eigenvalue weighted by Gasteiger charge is 2.27. The standard InChI is InChI=1S/C27H29ClN6O2S2/c1-4-13-34-24(23(16(2)3)31-25(36)18-10-5-7-11-20(18)28)32-33-27(34)37-15-22(35)30-26-19(14-29)17-9-6-8-12-21(17)38-26/h4-5,7,10-11,16,23H,1,6,8-9,12-13,15H2,2-3H3,(H,30,35)(H,31,36)/t23-/m0/s1. The molecule has 198 valence electrons. The third-order valence-electron chi connectivity index (χ3n) is 6.28. The molecular weight excluding hydrogens is 540 g/mol. The molecule has 0 saturated carbocycles. The Balaban J connectivity index is 1.49. The van der Waals surface area contributed by atoms with E-state index in [1.54, 1.807) is 30.3 Å². The summed E-state index contributed by atoms with van der Waals surface area (Å²) >= 11 is 8.98. The summed E-state index contributed by atoms with van der Waals surface area (Å²) in [7, 11) is 0. The van der Waals surface area contributed by atoms with Gasteiger partial charge in [-0.15, -0.1) is 28.1 Å². The van der Waals surface area contributed by atoms with E-state index in [0.717, 1.165) is 31.2 Å². The number of aryl methyl sites for hydroxylation is 1. The van der Waals surface area contributed by atoms with Crippen LogP contribution in [0, 0.1) is 17.2 Å². The van der Waals surface area contributed by atoms with E-state index in [1.165, 1.54) is 28.0 Å². The van der Waals surface area contributed by atoms with Crippen molar-refractivity contribution in [2.45, 2.75) is 57.3 Å². The number of thiophene rings is 1. The van der Waals surface area contributed by atoms with Crippen LogP contribution in [0.1, 0.15) is 64.9 Å². The van der Waals surface area contributed by atoms with Gasteiger partial charge in [-0.05, 0) is 49.3 Å². The number of nitrogens with one attached hydrogen (secondary N) is 2. The average molecular weight is 569 g/mol. The number of fused-ring (bicyclic) bond motifs is 1. The van der Waals surface area contributed by atoms with Crippen LogP contribution in [0.3, 0.4) is 0 Å². The predicted molar refractivity (Wildman–Crippen MR) is 152 cm³/mol. The van der Waals surface area contributed by atoms with E-state index < -0.39 is 6.04 Å². The van der Waals surface area contributed by atoms with Crippen molar-refractivity contribution < 1.29 is 9.59 Å². The molecular formula is C27H29ClN6O2S2. The van der Waals surface area contributed by atoms with Crippen LogP contribution in [0.15, 0.2) is 42.1 Å². The van der Waals surface area contributed by atoms with Crippen LogP contribution in [0.5, 0.6) is 0 Å². The molecule has 2 N–H and O–H groups in total. The number of nitrogens with zero attached hydrogens (tertiary/aromatic N) is 4. The molecule has 2 heterocycles. The van der Waals surface area contributed by atoms with E-state index >= 15 is 0 Å². The maximum Gasteiger partial charge on any atom is 0.253 e. The third kappa shape index (κ3) is 6.12. The number of hydrogen-bond acceptors (Lipinski definition) is 7. The van der Waals surface area contributed by atoms with Gasteiger partial charge in [-0.2, -0.15) is 5.26 Å². The van der Waals surface area contributed by atoms with Gasteiger partial charge in [-0.3, -0.25) is 9.59 Å². The zero-order valence-corrected chi connectivity index (χ0v) is 23.7. The maximum atomic E-state index is 13.0. The fourth-order valence-corrected chi connectivity index (χ4v) is 6.63. The topological polar surface area (TPSA) is 113 Å². The zero-order chi connectivity index (χ0) is 27.2.